The quantitative estimate of drug-likeness (QED) is 0.901. The van der Waals surface area contributed by atoms with Crippen molar-refractivity contribution in [1.82, 2.24) is 0 Å². The SMILES string of the molecule is COc1c(C)cc(Cl)cc1NCC1(C#N)CCC1. The topological polar surface area (TPSA) is 45.0 Å². The molecule has 0 bridgehead atoms. The molecule has 1 N–H and O–H groups in total. The van der Waals surface area contributed by atoms with E-state index >= 15 is 0 Å². The molecule has 1 aliphatic rings. The van der Waals surface area contributed by atoms with Gasteiger partial charge in [-0.25, -0.2) is 0 Å². The molecule has 3 nitrogen and oxygen atoms in total. The minimum Gasteiger partial charge on any atom is -0.494 e. The second kappa shape index (κ2) is 5.07. The van der Waals surface area contributed by atoms with Crippen molar-refractivity contribution in [3.8, 4) is 11.8 Å². The standard InChI is InChI=1S/C14H17ClN2O/c1-10-6-11(15)7-12(13(10)18-2)17-9-14(8-16)4-3-5-14/h6-7,17H,3-5,9H2,1-2H3. The van der Waals surface area contributed by atoms with Crippen LogP contribution in [0, 0.1) is 23.7 Å². The highest BCUT2D eigenvalue weighted by molar-refractivity contribution is 6.31. The van der Waals surface area contributed by atoms with Crippen LogP contribution in [0.2, 0.25) is 5.02 Å². The van der Waals surface area contributed by atoms with Gasteiger partial charge in [0, 0.05) is 11.6 Å². The summed E-state index contributed by atoms with van der Waals surface area (Å²) in [5, 5.41) is 13.2. The highest BCUT2D eigenvalue weighted by Crippen LogP contribution is 2.41. The summed E-state index contributed by atoms with van der Waals surface area (Å²) in [5.74, 6) is 0.798. The molecule has 4 heteroatoms. The number of nitrogens with zero attached hydrogens (tertiary/aromatic N) is 1. The lowest BCUT2D eigenvalue weighted by Gasteiger charge is -2.35. The molecule has 0 spiro atoms. The molecule has 1 fully saturated rings. The van der Waals surface area contributed by atoms with Gasteiger partial charge in [0.15, 0.2) is 0 Å². The number of benzene rings is 1. The molecule has 0 saturated heterocycles. The summed E-state index contributed by atoms with van der Waals surface area (Å²) in [7, 11) is 1.64. The summed E-state index contributed by atoms with van der Waals surface area (Å²) in [4.78, 5) is 0. The van der Waals surface area contributed by atoms with Crippen LogP contribution in [0.4, 0.5) is 5.69 Å². The number of methoxy groups -OCH3 is 1. The predicted molar refractivity (Wildman–Crippen MR) is 73.1 cm³/mol. The maximum Gasteiger partial charge on any atom is 0.144 e. The molecule has 0 aliphatic heterocycles. The average Bonchev–Trinajstić information content (AvgIpc) is 2.27. The van der Waals surface area contributed by atoms with Gasteiger partial charge in [-0.1, -0.05) is 18.0 Å². The van der Waals surface area contributed by atoms with Crippen LogP contribution >= 0.6 is 11.6 Å². The summed E-state index contributed by atoms with van der Waals surface area (Å²) < 4.78 is 5.38. The first-order valence-corrected chi connectivity index (χ1v) is 6.47. The largest absolute Gasteiger partial charge is 0.494 e. The summed E-state index contributed by atoms with van der Waals surface area (Å²) in [6.07, 6.45) is 3.08. The van der Waals surface area contributed by atoms with Crippen LogP contribution in [0.15, 0.2) is 12.1 Å². The van der Waals surface area contributed by atoms with E-state index in [0.29, 0.717) is 11.6 Å². The number of anilines is 1. The molecule has 1 saturated carbocycles. The Hall–Kier alpha value is -1.40. The number of halogens is 1. The number of aryl methyl sites for hydroxylation is 1. The van der Waals surface area contributed by atoms with E-state index in [1.807, 2.05) is 19.1 Å². The molecule has 1 aromatic carbocycles. The van der Waals surface area contributed by atoms with Gasteiger partial charge in [0.05, 0.1) is 24.3 Å². The maximum atomic E-state index is 9.20. The van der Waals surface area contributed by atoms with Gasteiger partial charge in [-0.2, -0.15) is 5.26 Å². The third kappa shape index (κ3) is 2.39. The number of nitriles is 1. The number of nitrogens with one attached hydrogen (secondary N) is 1. The number of hydrogen-bond acceptors (Lipinski definition) is 3. The van der Waals surface area contributed by atoms with Gasteiger partial charge < -0.3 is 10.1 Å². The first kappa shape index (κ1) is 13.0. The van der Waals surface area contributed by atoms with Gasteiger partial charge in [-0.3, -0.25) is 0 Å². The summed E-state index contributed by atoms with van der Waals surface area (Å²) >= 11 is 6.05. The molecule has 1 aromatic rings. The molecular formula is C14H17ClN2O. The van der Waals surface area contributed by atoms with Gasteiger partial charge in [-0.15, -0.1) is 0 Å². The van der Waals surface area contributed by atoms with Gasteiger partial charge in [0.1, 0.15) is 5.75 Å². The molecule has 0 radical (unpaired) electrons. The minimum atomic E-state index is -0.207. The molecule has 0 heterocycles. The first-order chi connectivity index (χ1) is 8.60. The van der Waals surface area contributed by atoms with Crippen molar-refractivity contribution in [1.29, 1.82) is 5.26 Å². The van der Waals surface area contributed by atoms with E-state index in [2.05, 4.69) is 11.4 Å². The Morgan fingerprint density at radius 2 is 2.22 bits per heavy atom. The lowest BCUT2D eigenvalue weighted by Crippen LogP contribution is -2.35. The molecule has 0 atom stereocenters. The molecule has 18 heavy (non-hydrogen) atoms. The molecule has 0 amide bonds. The van der Waals surface area contributed by atoms with E-state index < -0.39 is 0 Å². The summed E-state index contributed by atoms with van der Waals surface area (Å²) in [6.45, 7) is 2.61. The summed E-state index contributed by atoms with van der Waals surface area (Å²) in [5.41, 5.74) is 1.65. The average molecular weight is 265 g/mol. The van der Waals surface area contributed by atoms with Crippen molar-refractivity contribution >= 4 is 17.3 Å². The van der Waals surface area contributed by atoms with Crippen molar-refractivity contribution in [2.75, 3.05) is 19.0 Å². The van der Waals surface area contributed by atoms with Gasteiger partial charge in [-0.05, 0) is 37.5 Å². The molecule has 0 aromatic heterocycles. The van der Waals surface area contributed by atoms with E-state index in [9.17, 15) is 5.26 Å². The smallest absolute Gasteiger partial charge is 0.144 e. The zero-order chi connectivity index (χ0) is 13.2. The Morgan fingerprint density at radius 3 is 2.72 bits per heavy atom. The molecule has 2 rings (SSSR count). The van der Waals surface area contributed by atoms with Gasteiger partial charge in [0.2, 0.25) is 0 Å². The predicted octanol–water partition coefficient (Wildman–Crippen LogP) is 3.76. The molecule has 0 unspecified atom stereocenters. The van der Waals surface area contributed by atoms with Crippen molar-refractivity contribution in [3.05, 3.63) is 22.7 Å². The van der Waals surface area contributed by atoms with Crippen molar-refractivity contribution < 1.29 is 4.74 Å². The minimum absolute atomic E-state index is 0.207. The highest BCUT2D eigenvalue weighted by Gasteiger charge is 2.37. The molecule has 96 valence electrons. The Labute approximate surface area is 113 Å². The normalized spacial score (nSPS) is 16.6. The Balaban J connectivity index is 2.16. The van der Waals surface area contributed by atoms with E-state index in [1.54, 1.807) is 7.11 Å². The second-order valence-electron chi connectivity index (χ2n) is 4.90. The van der Waals surface area contributed by atoms with Crippen LogP contribution in [0.5, 0.6) is 5.75 Å². The monoisotopic (exact) mass is 264 g/mol. The van der Waals surface area contributed by atoms with Gasteiger partial charge in [0.25, 0.3) is 0 Å². The Kier molecular flexibility index (Phi) is 3.68. The third-order valence-corrected chi connectivity index (χ3v) is 3.83. The molecule has 1 aliphatic carbocycles. The van der Waals surface area contributed by atoms with E-state index in [1.165, 1.54) is 0 Å². The van der Waals surface area contributed by atoms with Crippen LogP contribution in [0.3, 0.4) is 0 Å². The maximum absolute atomic E-state index is 9.20. The van der Waals surface area contributed by atoms with Crippen molar-refractivity contribution in [2.45, 2.75) is 26.2 Å². The number of hydrogen-bond donors (Lipinski definition) is 1. The van der Waals surface area contributed by atoms with Crippen LogP contribution < -0.4 is 10.1 Å². The Morgan fingerprint density at radius 1 is 1.50 bits per heavy atom. The van der Waals surface area contributed by atoms with Crippen LogP contribution in [0.1, 0.15) is 24.8 Å². The second-order valence-corrected chi connectivity index (χ2v) is 5.34. The zero-order valence-corrected chi connectivity index (χ0v) is 11.5. The highest BCUT2D eigenvalue weighted by atomic mass is 35.5. The van der Waals surface area contributed by atoms with E-state index in [4.69, 9.17) is 16.3 Å². The molecular weight excluding hydrogens is 248 g/mol. The lowest BCUT2D eigenvalue weighted by molar-refractivity contribution is 0.233. The fourth-order valence-electron chi connectivity index (χ4n) is 2.33. The van der Waals surface area contributed by atoms with E-state index in [-0.39, 0.29) is 5.41 Å². The first-order valence-electron chi connectivity index (χ1n) is 6.09. The fraction of sp³-hybridized carbons (Fsp3) is 0.500. The number of rotatable bonds is 4. The number of ether oxygens (including phenoxy) is 1. The van der Waals surface area contributed by atoms with Crippen LogP contribution in [-0.4, -0.2) is 13.7 Å². The fourth-order valence-corrected chi connectivity index (χ4v) is 2.60. The van der Waals surface area contributed by atoms with Crippen LogP contribution in [0.25, 0.3) is 0 Å². The van der Waals surface area contributed by atoms with Crippen molar-refractivity contribution in [2.24, 2.45) is 5.41 Å². The zero-order valence-electron chi connectivity index (χ0n) is 10.7. The van der Waals surface area contributed by atoms with Crippen LogP contribution in [-0.2, 0) is 0 Å². The van der Waals surface area contributed by atoms with Crippen molar-refractivity contribution in [3.63, 3.8) is 0 Å². The Bertz CT molecular complexity index is 489. The summed E-state index contributed by atoms with van der Waals surface area (Å²) in [6, 6.07) is 6.13. The lowest BCUT2D eigenvalue weighted by atomic mass is 9.70. The van der Waals surface area contributed by atoms with E-state index in [0.717, 1.165) is 36.3 Å². The van der Waals surface area contributed by atoms with Gasteiger partial charge >= 0.3 is 0 Å². The third-order valence-electron chi connectivity index (χ3n) is 3.61.